The van der Waals surface area contributed by atoms with E-state index in [0.717, 1.165) is 5.56 Å². The zero-order valence-corrected chi connectivity index (χ0v) is 17.1. The Morgan fingerprint density at radius 1 is 1.24 bits per heavy atom. The van der Waals surface area contributed by atoms with Crippen LogP contribution in [0.5, 0.6) is 0 Å². The van der Waals surface area contributed by atoms with Crippen LogP contribution in [0.4, 0.5) is 5.69 Å². The summed E-state index contributed by atoms with van der Waals surface area (Å²) >= 11 is 5.83. The minimum Gasteiger partial charge on any atom is -0.465 e. The number of alkyl halides is 1. The lowest BCUT2D eigenvalue weighted by Crippen LogP contribution is -2.08. The summed E-state index contributed by atoms with van der Waals surface area (Å²) < 4.78 is 9.91. The molecule has 1 aromatic carbocycles. The Balaban J connectivity index is 2.14. The van der Waals surface area contributed by atoms with Gasteiger partial charge in [-0.15, -0.1) is 11.6 Å². The SMILES string of the molecule is CCOC(=O)c1[nH]c(C=C2C(=O)Nc3ccc(CCCl)cc32)c(C(=O)OC)c1C. The molecule has 2 N–H and O–H groups in total. The number of carbonyl (C=O) groups is 3. The fourth-order valence-electron chi connectivity index (χ4n) is 3.29. The third-order valence-electron chi connectivity index (χ3n) is 4.69. The molecule has 0 saturated carbocycles. The van der Waals surface area contributed by atoms with Gasteiger partial charge in [0.1, 0.15) is 5.69 Å². The maximum Gasteiger partial charge on any atom is 0.355 e. The number of methoxy groups -OCH3 is 1. The largest absolute Gasteiger partial charge is 0.465 e. The molecule has 8 heteroatoms. The number of halogens is 1. The van der Waals surface area contributed by atoms with Crippen LogP contribution >= 0.6 is 11.6 Å². The van der Waals surface area contributed by atoms with Crippen LogP contribution in [0.1, 0.15) is 50.2 Å². The number of benzene rings is 1. The van der Waals surface area contributed by atoms with E-state index in [4.69, 9.17) is 21.1 Å². The number of H-pyrrole nitrogens is 1. The highest BCUT2D eigenvalue weighted by molar-refractivity contribution is 6.35. The van der Waals surface area contributed by atoms with Crippen molar-refractivity contribution in [3.8, 4) is 0 Å². The number of carbonyl (C=O) groups excluding carboxylic acids is 3. The van der Waals surface area contributed by atoms with Gasteiger partial charge >= 0.3 is 11.9 Å². The van der Waals surface area contributed by atoms with Crippen LogP contribution in [0.2, 0.25) is 0 Å². The summed E-state index contributed by atoms with van der Waals surface area (Å²) in [6.45, 7) is 3.51. The molecule has 1 aliphatic rings. The van der Waals surface area contributed by atoms with E-state index in [9.17, 15) is 14.4 Å². The molecule has 1 aromatic heterocycles. The second-order valence-electron chi connectivity index (χ2n) is 6.46. The van der Waals surface area contributed by atoms with Gasteiger partial charge in [0.05, 0.1) is 30.5 Å². The number of anilines is 1. The normalized spacial score (nSPS) is 13.9. The van der Waals surface area contributed by atoms with Gasteiger partial charge in [-0.3, -0.25) is 4.79 Å². The van der Waals surface area contributed by atoms with Gasteiger partial charge in [-0.05, 0) is 49.6 Å². The quantitative estimate of drug-likeness (QED) is 0.426. The number of esters is 2. The molecule has 0 aliphatic carbocycles. The average Bonchev–Trinajstić information content (AvgIpc) is 3.18. The second-order valence-corrected chi connectivity index (χ2v) is 6.83. The molecule has 29 heavy (non-hydrogen) atoms. The number of ether oxygens (including phenoxy) is 2. The topological polar surface area (TPSA) is 97.5 Å². The smallest absolute Gasteiger partial charge is 0.355 e. The first-order valence-corrected chi connectivity index (χ1v) is 9.65. The molecular formula is C21H21ClN2O5. The van der Waals surface area contributed by atoms with Crippen LogP contribution in [0.25, 0.3) is 11.6 Å². The molecule has 1 aliphatic heterocycles. The molecule has 0 saturated heterocycles. The van der Waals surface area contributed by atoms with Crippen molar-refractivity contribution in [2.24, 2.45) is 0 Å². The predicted molar refractivity (Wildman–Crippen MR) is 110 cm³/mol. The lowest BCUT2D eigenvalue weighted by Gasteiger charge is -2.04. The summed E-state index contributed by atoms with van der Waals surface area (Å²) in [5.41, 5.74) is 3.78. The lowest BCUT2D eigenvalue weighted by atomic mass is 10.0. The molecule has 2 aromatic rings. The number of aryl methyl sites for hydroxylation is 1. The number of rotatable bonds is 6. The summed E-state index contributed by atoms with van der Waals surface area (Å²) in [6, 6.07) is 5.62. The van der Waals surface area contributed by atoms with Crippen molar-refractivity contribution in [2.45, 2.75) is 20.3 Å². The maximum atomic E-state index is 12.6. The van der Waals surface area contributed by atoms with Crippen molar-refractivity contribution in [3.63, 3.8) is 0 Å². The first-order chi connectivity index (χ1) is 13.9. The zero-order chi connectivity index (χ0) is 21.1. The fourth-order valence-corrected chi connectivity index (χ4v) is 3.50. The Morgan fingerprint density at radius 2 is 2.00 bits per heavy atom. The summed E-state index contributed by atoms with van der Waals surface area (Å²) in [5, 5.41) is 2.80. The van der Waals surface area contributed by atoms with Gasteiger partial charge < -0.3 is 19.8 Å². The second kappa shape index (κ2) is 8.53. The highest BCUT2D eigenvalue weighted by atomic mass is 35.5. The molecule has 0 fully saturated rings. The first-order valence-electron chi connectivity index (χ1n) is 9.11. The summed E-state index contributed by atoms with van der Waals surface area (Å²) in [6.07, 6.45) is 2.21. The molecule has 1 amide bonds. The van der Waals surface area contributed by atoms with Gasteiger partial charge in [-0.2, -0.15) is 0 Å². The van der Waals surface area contributed by atoms with Crippen LogP contribution in [-0.4, -0.2) is 42.4 Å². The van der Waals surface area contributed by atoms with Crippen LogP contribution in [-0.2, 0) is 20.7 Å². The maximum absolute atomic E-state index is 12.6. The number of aromatic nitrogens is 1. The molecule has 152 valence electrons. The summed E-state index contributed by atoms with van der Waals surface area (Å²) in [5.74, 6) is -1.04. The monoisotopic (exact) mass is 416 g/mol. The van der Waals surface area contributed by atoms with Crippen LogP contribution in [0, 0.1) is 6.92 Å². The van der Waals surface area contributed by atoms with Crippen molar-refractivity contribution >= 4 is 46.8 Å². The van der Waals surface area contributed by atoms with Crippen LogP contribution in [0.3, 0.4) is 0 Å². The molecule has 0 bridgehead atoms. The van der Waals surface area contributed by atoms with Crippen molar-refractivity contribution in [3.05, 3.63) is 51.8 Å². The molecule has 0 unspecified atom stereocenters. The van der Waals surface area contributed by atoms with E-state index in [-0.39, 0.29) is 23.8 Å². The van der Waals surface area contributed by atoms with Gasteiger partial charge in [0.25, 0.3) is 5.91 Å². The molecule has 3 rings (SSSR count). The Kier molecular flexibility index (Phi) is 6.08. The van der Waals surface area contributed by atoms with Gasteiger partial charge in [0.15, 0.2) is 0 Å². The number of nitrogens with one attached hydrogen (secondary N) is 2. The standard InChI is InChI=1S/C21H21ClN2O5/c1-4-29-21(27)18-11(2)17(20(26)28-3)16(23-18)10-14-13-9-12(7-8-22)5-6-15(13)24-19(14)25/h5-6,9-10,23H,4,7-8H2,1-3H3,(H,24,25). The van der Waals surface area contributed by atoms with E-state index in [2.05, 4.69) is 10.3 Å². The third-order valence-corrected chi connectivity index (χ3v) is 4.88. The molecule has 0 atom stereocenters. The molecule has 0 spiro atoms. The number of aromatic amines is 1. The van der Waals surface area contributed by atoms with E-state index < -0.39 is 11.9 Å². The lowest BCUT2D eigenvalue weighted by molar-refractivity contribution is -0.110. The highest BCUT2D eigenvalue weighted by Crippen LogP contribution is 2.35. The zero-order valence-electron chi connectivity index (χ0n) is 16.3. The summed E-state index contributed by atoms with van der Waals surface area (Å²) in [7, 11) is 1.26. The van der Waals surface area contributed by atoms with Gasteiger partial charge in [-0.25, -0.2) is 9.59 Å². The molecular weight excluding hydrogens is 396 g/mol. The van der Waals surface area contributed by atoms with Gasteiger partial charge in [0, 0.05) is 17.1 Å². The van der Waals surface area contributed by atoms with E-state index in [1.165, 1.54) is 7.11 Å². The van der Waals surface area contributed by atoms with Crippen LogP contribution < -0.4 is 5.32 Å². The fraction of sp³-hybridized carbons (Fsp3) is 0.286. The van der Waals surface area contributed by atoms with E-state index in [1.807, 2.05) is 18.2 Å². The highest BCUT2D eigenvalue weighted by Gasteiger charge is 2.28. The molecule has 7 nitrogen and oxygen atoms in total. The average molecular weight is 417 g/mol. The van der Waals surface area contributed by atoms with Crippen molar-refractivity contribution in [1.82, 2.24) is 4.98 Å². The van der Waals surface area contributed by atoms with Crippen molar-refractivity contribution < 1.29 is 23.9 Å². The number of hydrogen-bond acceptors (Lipinski definition) is 5. The van der Waals surface area contributed by atoms with Crippen LogP contribution in [0.15, 0.2) is 18.2 Å². The number of amides is 1. The van der Waals surface area contributed by atoms with Gasteiger partial charge in [0.2, 0.25) is 0 Å². The molecule has 0 radical (unpaired) electrons. The molecule has 2 heterocycles. The predicted octanol–water partition coefficient (Wildman–Crippen LogP) is 3.56. The van der Waals surface area contributed by atoms with Crippen molar-refractivity contribution in [1.29, 1.82) is 0 Å². The Morgan fingerprint density at radius 3 is 2.66 bits per heavy atom. The summed E-state index contributed by atoms with van der Waals surface area (Å²) in [4.78, 5) is 40.1. The Bertz CT molecular complexity index is 1020. The Labute approximate surface area is 173 Å². The van der Waals surface area contributed by atoms with E-state index in [1.54, 1.807) is 19.9 Å². The van der Waals surface area contributed by atoms with Crippen molar-refractivity contribution in [2.75, 3.05) is 24.9 Å². The van der Waals surface area contributed by atoms with E-state index in [0.29, 0.717) is 40.4 Å². The first kappa shape index (κ1) is 20.7. The van der Waals surface area contributed by atoms with E-state index >= 15 is 0 Å². The number of fused-ring (bicyclic) bond motifs is 1. The van der Waals surface area contributed by atoms with Gasteiger partial charge in [-0.1, -0.05) is 6.07 Å². The third kappa shape index (κ3) is 3.91. The Hall–Kier alpha value is -3.06. The minimum atomic E-state index is -0.615. The number of hydrogen-bond donors (Lipinski definition) is 2. The minimum absolute atomic E-state index is 0.147.